The molecule has 1 aromatic heterocycles. The number of non-ortho nitro benzene ring substituents is 1. The minimum absolute atomic E-state index is 0.0495. The number of fused-ring (bicyclic) bond motifs is 1. The third kappa shape index (κ3) is 12.9. The molecule has 0 aliphatic heterocycles. The van der Waals surface area contributed by atoms with E-state index >= 15 is 0 Å². The molecule has 0 unspecified atom stereocenters. The number of para-hydroxylation sites is 1. The molecule has 65 heavy (non-hydrogen) atoms. The van der Waals surface area contributed by atoms with Gasteiger partial charge in [-0.2, -0.15) is 0 Å². The van der Waals surface area contributed by atoms with Crippen LogP contribution < -0.4 is 20.1 Å². The fourth-order valence-corrected chi connectivity index (χ4v) is 9.08. The zero-order valence-electron chi connectivity index (χ0n) is 36.6. The van der Waals surface area contributed by atoms with E-state index in [0.29, 0.717) is 39.4 Å². The molecule has 15 nitrogen and oxygen atoms in total. The fourth-order valence-electron chi connectivity index (χ4n) is 7.59. The Morgan fingerprint density at radius 2 is 1.49 bits per heavy atom. The number of amides is 2. The number of phenols is 1. The van der Waals surface area contributed by atoms with Crippen molar-refractivity contribution in [2.45, 2.75) is 107 Å². The van der Waals surface area contributed by atoms with Gasteiger partial charge in [-0.1, -0.05) is 126 Å². The first kappa shape index (κ1) is 48.2. The van der Waals surface area contributed by atoms with Gasteiger partial charge in [0.05, 0.1) is 21.1 Å². The second kappa shape index (κ2) is 23.1. The highest BCUT2D eigenvalue weighted by Gasteiger charge is 2.25. The molecule has 0 radical (unpaired) electrons. The number of carbonyl (C=O) groups is 2. The van der Waals surface area contributed by atoms with Crippen molar-refractivity contribution in [3.8, 4) is 17.2 Å². The molecular formula is C48H55N7O8S2. The van der Waals surface area contributed by atoms with Crippen molar-refractivity contribution in [1.29, 1.82) is 0 Å². The van der Waals surface area contributed by atoms with Crippen molar-refractivity contribution in [2.24, 2.45) is 5.14 Å². The zero-order chi connectivity index (χ0) is 46.3. The first-order valence-electron chi connectivity index (χ1n) is 21.9. The molecule has 0 saturated heterocycles. The number of nitrogens with zero attached hydrogens (tertiary/aromatic N) is 5. The van der Waals surface area contributed by atoms with Gasteiger partial charge in [-0.05, 0) is 67.9 Å². The van der Waals surface area contributed by atoms with Crippen LogP contribution in [0.15, 0.2) is 113 Å². The highest BCUT2D eigenvalue weighted by atomic mass is 32.2. The molecule has 0 spiro atoms. The summed E-state index contributed by atoms with van der Waals surface area (Å²) in [4.78, 5) is 40.7. The van der Waals surface area contributed by atoms with Crippen molar-refractivity contribution in [3.63, 3.8) is 0 Å². The number of aryl methyl sites for hydroxylation is 1. The number of primary sulfonamides is 1. The molecule has 6 rings (SSSR count). The van der Waals surface area contributed by atoms with Crippen LogP contribution in [0.2, 0.25) is 0 Å². The molecule has 17 heteroatoms. The molecule has 5 aromatic carbocycles. The van der Waals surface area contributed by atoms with Crippen molar-refractivity contribution in [1.82, 2.24) is 14.8 Å². The van der Waals surface area contributed by atoms with Crippen molar-refractivity contribution >= 4 is 61.6 Å². The summed E-state index contributed by atoms with van der Waals surface area (Å²) in [6.45, 7) is 4.32. The number of aromatic nitrogens is 3. The third-order valence-electron chi connectivity index (χ3n) is 11.1. The van der Waals surface area contributed by atoms with Gasteiger partial charge in [0, 0.05) is 52.1 Å². The Morgan fingerprint density at radius 1 is 0.831 bits per heavy atom. The smallest absolute Gasteiger partial charge is 0.419 e. The SMILES string of the molecule is CCCCCCCCCCCCCCN(C(=O)Oc1ccc([N+](=O)[O-])cc1CSc1nnc(C)n1-c1ccccc1)c1cccc2c(O)c(C(=O)Nc3ccc(S(N)(=O)=O)cc3)ccc12. The van der Waals surface area contributed by atoms with Crippen LogP contribution in [-0.4, -0.2) is 51.8 Å². The number of hydrogen-bond donors (Lipinski definition) is 3. The number of rotatable bonds is 23. The number of nitro groups is 1. The van der Waals surface area contributed by atoms with Gasteiger partial charge in [-0.3, -0.25) is 24.4 Å². The normalized spacial score (nSPS) is 11.4. The number of aromatic hydroxyl groups is 1. The van der Waals surface area contributed by atoms with Crippen LogP contribution in [0, 0.1) is 17.0 Å². The van der Waals surface area contributed by atoms with E-state index in [1.165, 1.54) is 110 Å². The topological polar surface area (TPSA) is 213 Å². The second-order valence-electron chi connectivity index (χ2n) is 15.8. The maximum absolute atomic E-state index is 14.5. The molecule has 4 N–H and O–H groups in total. The third-order valence-corrected chi connectivity index (χ3v) is 13.0. The second-order valence-corrected chi connectivity index (χ2v) is 18.3. The summed E-state index contributed by atoms with van der Waals surface area (Å²) in [5.74, 6) is -0.0167. The lowest BCUT2D eigenvalue weighted by atomic mass is 10.0. The average molecular weight is 922 g/mol. The molecule has 0 aliphatic carbocycles. The van der Waals surface area contributed by atoms with Crippen LogP contribution in [0.1, 0.15) is 106 Å². The van der Waals surface area contributed by atoms with Gasteiger partial charge >= 0.3 is 6.09 Å². The Morgan fingerprint density at radius 3 is 2.14 bits per heavy atom. The van der Waals surface area contributed by atoms with E-state index in [2.05, 4.69) is 22.4 Å². The maximum atomic E-state index is 14.5. The molecule has 6 aromatic rings. The molecule has 0 saturated carbocycles. The summed E-state index contributed by atoms with van der Waals surface area (Å²) < 4.78 is 31.4. The molecular weight excluding hydrogens is 867 g/mol. The summed E-state index contributed by atoms with van der Waals surface area (Å²) in [6, 6.07) is 27.1. The van der Waals surface area contributed by atoms with Crippen LogP contribution in [0.5, 0.6) is 11.5 Å². The summed E-state index contributed by atoms with van der Waals surface area (Å²) in [5.41, 5.74) is 1.74. The van der Waals surface area contributed by atoms with E-state index in [1.54, 1.807) is 24.3 Å². The molecule has 2 amide bonds. The minimum Gasteiger partial charge on any atom is -0.506 e. The van der Waals surface area contributed by atoms with Gasteiger partial charge in [-0.15, -0.1) is 10.2 Å². The van der Waals surface area contributed by atoms with Gasteiger partial charge in [0.25, 0.3) is 11.6 Å². The predicted molar refractivity (Wildman–Crippen MR) is 255 cm³/mol. The van der Waals surface area contributed by atoms with Crippen LogP contribution in [-0.2, 0) is 15.8 Å². The Kier molecular flexibility index (Phi) is 17.1. The van der Waals surface area contributed by atoms with Crippen LogP contribution in [0.3, 0.4) is 0 Å². The molecule has 342 valence electrons. The number of nitro benzene ring substituents is 1. The number of phenolic OH excluding ortho intramolecular Hbond substituents is 1. The summed E-state index contributed by atoms with van der Waals surface area (Å²) in [5, 5.41) is 41.3. The van der Waals surface area contributed by atoms with Crippen LogP contribution in [0.4, 0.5) is 21.9 Å². The molecule has 0 aliphatic rings. The Bertz CT molecular complexity index is 2690. The molecule has 0 bridgehead atoms. The standard InChI is InChI=1S/C48H55N7O8S2/c1-3-4-5-6-7-8-9-10-11-12-13-17-31-53(43-22-18-21-41-40(43)28-29-42(45(41)56)46(57)50-36-23-26-39(27-24-36)65(49,61)62)48(58)63-44-30-25-38(55(59)60)32-35(44)33-64-47-52-51-34(2)54(47)37-19-15-14-16-20-37/h14-16,18-30,32,56H,3-13,17,31,33H2,1-2H3,(H,50,57)(H2,49,61,62). The number of ether oxygens (including phenoxy) is 1. The van der Waals surface area contributed by atoms with Gasteiger partial charge in [0.15, 0.2) is 5.16 Å². The number of anilines is 2. The largest absolute Gasteiger partial charge is 0.506 e. The highest BCUT2D eigenvalue weighted by Crippen LogP contribution is 2.37. The van der Waals surface area contributed by atoms with Crippen LogP contribution >= 0.6 is 11.8 Å². The van der Waals surface area contributed by atoms with Crippen LogP contribution in [0.25, 0.3) is 16.5 Å². The van der Waals surface area contributed by atoms with Crippen molar-refractivity contribution in [3.05, 3.63) is 130 Å². The highest BCUT2D eigenvalue weighted by molar-refractivity contribution is 7.98. The number of thioether (sulfide) groups is 1. The van der Waals surface area contributed by atoms with Crippen molar-refractivity contribution in [2.75, 3.05) is 16.8 Å². The monoisotopic (exact) mass is 921 g/mol. The van der Waals surface area contributed by atoms with E-state index < -0.39 is 26.9 Å². The number of nitrogens with two attached hydrogens (primary N) is 1. The zero-order valence-corrected chi connectivity index (χ0v) is 38.3. The van der Waals surface area contributed by atoms with Gasteiger partial charge in [0.2, 0.25) is 10.0 Å². The van der Waals surface area contributed by atoms with E-state index in [1.807, 2.05) is 41.8 Å². The number of unbranched alkanes of at least 4 members (excludes halogenated alkanes) is 11. The van der Waals surface area contributed by atoms with Crippen molar-refractivity contribution < 1.29 is 32.8 Å². The predicted octanol–water partition coefficient (Wildman–Crippen LogP) is 11.2. The number of benzene rings is 5. The van der Waals surface area contributed by atoms with Gasteiger partial charge < -0.3 is 15.2 Å². The number of hydrogen-bond acceptors (Lipinski definition) is 11. The molecule has 0 atom stereocenters. The van der Waals surface area contributed by atoms with E-state index in [0.717, 1.165) is 31.4 Å². The van der Waals surface area contributed by atoms with E-state index in [-0.39, 0.29) is 45.6 Å². The lowest BCUT2D eigenvalue weighted by Gasteiger charge is -2.25. The van der Waals surface area contributed by atoms with E-state index in [4.69, 9.17) is 9.88 Å². The van der Waals surface area contributed by atoms with E-state index in [9.17, 15) is 33.2 Å². The maximum Gasteiger partial charge on any atom is 0.419 e. The number of carbonyl (C=O) groups excluding carboxylic acids is 2. The molecule has 0 fully saturated rings. The first-order valence-corrected chi connectivity index (χ1v) is 24.4. The Labute approximate surface area is 383 Å². The minimum atomic E-state index is -3.93. The van der Waals surface area contributed by atoms with Gasteiger partial charge in [0.1, 0.15) is 17.3 Å². The number of nitrogens with one attached hydrogen (secondary N) is 1. The first-order chi connectivity index (χ1) is 31.3. The Balaban J connectivity index is 1.24. The van der Waals surface area contributed by atoms with Gasteiger partial charge in [-0.25, -0.2) is 18.4 Å². The quantitative estimate of drug-likeness (QED) is 0.0238. The summed E-state index contributed by atoms with van der Waals surface area (Å²) in [7, 11) is -3.93. The molecule has 1 heterocycles. The Hall–Kier alpha value is -6.30. The lowest BCUT2D eigenvalue weighted by Crippen LogP contribution is -2.35. The summed E-state index contributed by atoms with van der Waals surface area (Å²) in [6.07, 6.45) is 12.8. The number of sulfonamides is 1. The average Bonchev–Trinajstić information content (AvgIpc) is 3.67. The summed E-state index contributed by atoms with van der Waals surface area (Å²) >= 11 is 1.29. The fraction of sp³-hybridized carbons (Fsp3) is 0.333. The lowest BCUT2D eigenvalue weighted by molar-refractivity contribution is -0.384.